The van der Waals surface area contributed by atoms with Crippen LogP contribution in [-0.4, -0.2) is 44.5 Å². The molecule has 0 saturated carbocycles. The third-order valence-corrected chi connectivity index (χ3v) is 6.98. The van der Waals surface area contributed by atoms with Gasteiger partial charge in [-0.15, -0.1) is 0 Å². The molecular weight excluding hydrogens is 532 g/mol. The summed E-state index contributed by atoms with van der Waals surface area (Å²) in [6.07, 6.45) is 7.36. The summed E-state index contributed by atoms with van der Waals surface area (Å²) in [5.41, 5.74) is 2.39. The fraction of sp³-hybridized carbons (Fsp3) is 0.171. The standard InChI is InChI=1S/C35H34O7/c1-42-32-22-31(40)33(35(41)34(32)30(39)21-13-24-11-17-27(37)18-12-24)29(25-14-19-28(38)20-15-25)9-5-8-26(36)16-10-23-6-3-2-4-7-23/h2-7,9,11-15,17-22,26,29,36-38,40-41H,8,10,16H2,1H3/b9-5+,21-13+/t26-,29-/m1/s1. The molecule has 0 saturated heterocycles. The number of rotatable bonds is 12. The summed E-state index contributed by atoms with van der Waals surface area (Å²) in [7, 11) is 1.34. The molecule has 216 valence electrons. The number of carbonyl (C=O) groups excluding carboxylic acids is 1. The molecule has 0 amide bonds. The van der Waals surface area contributed by atoms with Crippen LogP contribution in [0.15, 0.2) is 103 Å². The maximum atomic E-state index is 13.3. The molecule has 4 rings (SSSR count). The molecular formula is C35H34O7. The van der Waals surface area contributed by atoms with Crippen LogP contribution in [0.2, 0.25) is 0 Å². The van der Waals surface area contributed by atoms with Crippen molar-refractivity contribution in [3.05, 3.63) is 131 Å². The average molecular weight is 567 g/mol. The van der Waals surface area contributed by atoms with E-state index in [1.54, 1.807) is 42.5 Å². The minimum atomic E-state index is -0.717. The number of hydrogen-bond acceptors (Lipinski definition) is 7. The quantitative estimate of drug-likeness (QED) is 0.0754. The van der Waals surface area contributed by atoms with E-state index in [4.69, 9.17) is 4.74 Å². The van der Waals surface area contributed by atoms with Gasteiger partial charge in [0.2, 0.25) is 0 Å². The van der Waals surface area contributed by atoms with Gasteiger partial charge in [-0.25, -0.2) is 0 Å². The lowest BCUT2D eigenvalue weighted by Crippen LogP contribution is -2.08. The molecule has 0 fully saturated rings. The third-order valence-electron chi connectivity index (χ3n) is 6.98. The van der Waals surface area contributed by atoms with Gasteiger partial charge in [0.1, 0.15) is 34.3 Å². The highest BCUT2D eigenvalue weighted by molar-refractivity contribution is 6.11. The number of methoxy groups -OCH3 is 1. The number of hydrogen-bond donors (Lipinski definition) is 5. The molecule has 0 bridgehead atoms. The maximum absolute atomic E-state index is 13.3. The molecule has 0 aliphatic rings. The van der Waals surface area contributed by atoms with Gasteiger partial charge in [0, 0.05) is 17.5 Å². The second-order valence-corrected chi connectivity index (χ2v) is 9.94. The van der Waals surface area contributed by atoms with Crippen molar-refractivity contribution in [2.75, 3.05) is 7.11 Å². The molecule has 42 heavy (non-hydrogen) atoms. The molecule has 7 nitrogen and oxygen atoms in total. The fourth-order valence-electron chi connectivity index (χ4n) is 4.72. The minimum absolute atomic E-state index is 0.00104. The highest BCUT2D eigenvalue weighted by atomic mass is 16.5. The summed E-state index contributed by atoms with van der Waals surface area (Å²) in [5.74, 6) is -1.85. The van der Waals surface area contributed by atoms with Gasteiger partial charge in [0.15, 0.2) is 5.78 Å². The van der Waals surface area contributed by atoms with E-state index in [0.717, 1.165) is 12.0 Å². The molecule has 0 aliphatic heterocycles. The zero-order chi connectivity index (χ0) is 30.1. The molecule has 0 radical (unpaired) electrons. The Bertz CT molecular complexity index is 1540. The van der Waals surface area contributed by atoms with Crippen LogP contribution in [0.4, 0.5) is 0 Å². The third kappa shape index (κ3) is 7.59. The number of ether oxygens (including phenoxy) is 1. The Labute approximate surface area is 244 Å². The van der Waals surface area contributed by atoms with Crippen molar-refractivity contribution in [3.8, 4) is 28.7 Å². The number of phenolic OH excluding ortho intramolecular Hbond substituents is 4. The predicted molar refractivity (Wildman–Crippen MR) is 162 cm³/mol. The minimum Gasteiger partial charge on any atom is -0.508 e. The van der Waals surface area contributed by atoms with Gasteiger partial charge in [0.25, 0.3) is 0 Å². The molecule has 5 N–H and O–H groups in total. The van der Waals surface area contributed by atoms with Crippen LogP contribution in [0.3, 0.4) is 0 Å². The lowest BCUT2D eigenvalue weighted by atomic mass is 9.86. The number of aliphatic hydroxyl groups excluding tert-OH is 1. The first-order chi connectivity index (χ1) is 20.3. The number of aromatic hydroxyl groups is 4. The highest BCUT2D eigenvalue weighted by Gasteiger charge is 2.27. The first-order valence-electron chi connectivity index (χ1n) is 13.6. The zero-order valence-electron chi connectivity index (χ0n) is 23.2. The van der Waals surface area contributed by atoms with Crippen LogP contribution in [0.1, 0.15) is 51.4 Å². The van der Waals surface area contributed by atoms with Crippen LogP contribution in [-0.2, 0) is 6.42 Å². The molecule has 2 atom stereocenters. The molecule has 0 heterocycles. The van der Waals surface area contributed by atoms with E-state index in [9.17, 15) is 30.3 Å². The summed E-state index contributed by atoms with van der Waals surface area (Å²) >= 11 is 0. The molecule has 7 heteroatoms. The van der Waals surface area contributed by atoms with Crippen molar-refractivity contribution in [1.82, 2.24) is 0 Å². The monoisotopic (exact) mass is 566 g/mol. The highest BCUT2D eigenvalue weighted by Crippen LogP contribution is 2.45. The Kier molecular flexibility index (Phi) is 10.0. The van der Waals surface area contributed by atoms with Gasteiger partial charge < -0.3 is 30.3 Å². The summed E-state index contributed by atoms with van der Waals surface area (Å²) in [4.78, 5) is 13.3. The number of allylic oxidation sites excluding steroid dienone is 2. The average Bonchev–Trinajstić information content (AvgIpc) is 2.99. The van der Waals surface area contributed by atoms with E-state index < -0.39 is 23.6 Å². The van der Waals surface area contributed by atoms with E-state index in [-0.39, 0.29) is 34.1 Å². The van der Waals surface area contributed by atoms with Crippen molar-refractivity contribution < 1.29 is 35.1 Å². The topological polar surface area (TPSA) is 127 Å². The largest absolute Gasteiger partial charge is 0.508 e. The van der Waals surface area contributed by atoms with E-state index in [1.165, 1.54) is 43.5 Å². The van der Waals surface area contributed by atoms with Crippen LogP contribution >= 0.6 is 0 Å². The van der Waals surface area contributed by atoms with Gasteiger partial charge in [-0.3, -0.25) is 4.79 Å². The Morgan fingerprint density at radius 2 is 1.52 bits per heavy atom. The van der Waals surface area contributed by atoms with Crippen LogP contribution in [0, 0.1) is 0 Å². The van der Waals surface area contributed by atoms with Crippen molar-refractivity contribution in [3.63, 3.8) is 0 Å². The van der Waals surface area contributed by atoms with Crippen molar-refractivity contribution in [2.24, 2.45) is 0 Å². The van der Waals surface area contributed by atoms with E-state index in [1.807, 2.05) is 30.3 Å². The SMILES string of the molecule is COc1cc(O)c([C@H](/C=C/C[C@@H](O)CCc2ccccc2)c2ccc(O)cc2)c(O)c1C(=O)/C=C/c1ccc(O)cc1. The first-order valence-corrected chi connectivity index (χ1v) is 13.6. The number of carbonyl (C=O) groups is 1. The Balaban J connectivity index is 1.65. The molecule has 4 aromatic carbocycles. The van der Waals surface area contributed by atoms with Crippen molar-refractivity contribution >= 4 is 11.9 Å². The van der Waals surface area contributed by atoms with Crippen LogP contribution < -0.4 is 4.74 Å². The lowest BCUT2D eigenvalue weighted by Gasteiger charge is -2.20. The number of phenols is 4. The second kappa shape index (κ2) is 14.1. The maximum Gasteiger partial charge on any atom is 0.193 e. The normalized spacial score (nSPS) is 12.9. The predicted octanol–water partition coefficient (Wildman–Crippen LogP) is 6.49. The summed E-state index contributed by atoms with van der Waals surface area (Å²) in [6, 6.07) is 23.7. The van der Waals surface area contributed by atoms with Gasteiger partial charge in [0.05, 0.1) is 13.2 Å². The number of benzene rings is 4. The van der Waals surface area contributed by atoms with E-state index in [0.29, 0.717) is 24.0 Å². The van der Waals surface area contributed by atoms with Crippen molar-refractivity contribution in [1.29, 1.82) is 0 Å². The molecule has 0 spiro atoms. The van der Waals surface area contributed by atoms with Crippen LogP contribution in [0.25, 0.3) is 6.08 Å². The number of aryl methyl sites for hydroxylation is 1. The first kappa shape index (κ1) is 30.0. The number of aliphatic hydroxyl groups is 1. The lowest BCUT2D eigenvalue weighted by molar-refractivity contribution is 0.104. The van der Waals surface area contributed by atoms with Gasteiger partial charge in [-0.2, -0.15) is 0 Å². The van der Waals surface area contributed by atoms with Crippen molar-refractivity contribution in [2.45, 2.75) is 31.3 Å². The molecule has 0 aromatic heterocycles. The Morgan fingerprint density at radius 3 is 2.17 bits per heavy atom. The van der Waals surface area contributed by atoms with Crippen LogP contribution in [0.5, 0.6) is 28.7 Å². The van der Waals surface area contributed by atoms with Gasteiger partial charge in [-0.1, -0.05) is 72.8 Å². The summed E-state index contributed by atoms with van der Waals surface area (Å²) in [5, 5.41) is 52.4. The number of ketones is 1. The van der Waals surface area contributed by atoms with E-state index in [2.05, 4.69) is 0 Å². The Hall–Kier alpha value is -5.01. The molecule has 0 unspecified atom stereocenters. The van der Waals surface area contributed by atoms with Gasteiger partial charge >= 0.3 is 0 Å². The zero-order valence-corrected chi connectivity index (χ0v) is 23.2. The fourth-order valence-corrected chi connectivity index (χ4v) is 4.72. The molecule has 4 aromatic rings. The van der Waals surface area contributed by atoms with Gasteiger partial charge in [-0.05, 0) is 66.3 Å². The smallest absolute Gasteiger partial charge is 0.193 e. The molecule has 0 aliphatic carbocycles. The summed E-state index contributed by atoms with van der Waals surface area (Å²) in [6.45, 7) is 0. The summed E-state index contributed by atoms with van der Waals surface area (Å²) < 4.78 is 5.34. The second-order valence-electron chi connectivity index (χ2n) is 9.94. The van der Waals surface area contributed by atoms with E-state index >= 15 is 0 Å². The Morgan fingerprint density at radius 1 is 0.881 bits per heavy atom.